The molecular formula is C29H28ClN5O3. The number of aliphatic hydroxyl groups is 1. The van der Waals surface area contributed by atoms with Crippen LogP contribution in [0.15, 0.2) is 89.7 Å². The second-order valence-electron chi connectivity index (χ2n) is 9.10. The molecule has 0 radical (unpaired) electrons. The van der Waals surface area contributed by atoms with Crippen molar-refractivity contribution in [2.24, 2.45) is 5.11 Å². The highest BCUT2D eigenvalue weighted by atomic mass is 35.5. The SMILES string of the molecule is [N-]=[N+]=Nc1ccccc1C(=O)N(Cc1ccc(Cl)cc1)/C(C(=O)NC1CCCCC1)=C(/O)c1ccccc1. The summed E-state index contributed by atoms with van der Waals surface area (Å²) in [7, 11) is 0. The van der Waals surface area contributed by atoms with Gasteiger partial charge in [0.2, 0.25) is 0 Å². The monoisotopic (exact) mass is 529 g/mol. The molecule has 3 aromatic rings. The van der Waals surface area contributed by atoms with Crippen molar-refractivity contribution in [1.29, 1.82) is 0 Å². The predicted molar refractivity (Wildman–Crippen MR) is 148 cm³/mol. The number of aliphatic hydroxyl groups excluding tert-OH is 1. The van der Waals surface area contributed by atoms with Crippen LogP contribution >= 0.6 is 11.6 Å². The summed E-state index contributed by atoms with van der Waals surface area (Å²) in [5.74, 6) is -1.48. The van der Waals surface area contributed by atoms with Crippen molar-refractivity contribution in [3.05, 3.63) is 117 Å². The highest BCUT2D eigenvalue weighted by Gasteiger charge is 2.31. The fraction of sp³-hybridized carbons (Fsp3) is 0.241. The van der Waals surface area contributed by atoms with E-state index < -0.39 is 11.8 Å². The van der Waals surface area contributed by atoms with Crippen molar-refractivity contribution >= 4 is 34.9 Å². The number of rotatable bonds is 8. The predicted octanol–water partition coefficient (Wildman–Crippen LogP) is 7.30. The molecule has 0 heterocycles. The minimum atomic E-state index is -0.598. The normalized spacial score (nSPS) is 14.1. The maximum absolute atomic E-state index is 14.1. The van der Waals surface area contributed by atoms with Crippen molar-refractivity contribution in [1.82, 2.24) is 10.2 Å². The van der Waals surface area contributed by atoms with E-state index in [0.717, 1.165) is 32.1 Å². The van der Waals surface area contributed by atoms with Gasteiger partial charge in [0.1, 0.15) is 0 Å². The van der Waals surface area contributed by atoms with Crippen LogP contribution in [0.2, 0.25) is 5.02 Å². The second kappa shape index (κ2) is 12.8. The molecule has 0 spiro atoms. The van der Waals surface area contributed by atoms with E-state index >= 15 is 0 Å². The Hall–Kier alpha value is -4.26. The Morgan fingerprint density at radius 1 is 0.974 bits per heavy atom. The number of halogens is 1. The second-order valence-corrected chi connectivity index (χ2v) is 9.53. The molecule has 2 amide bonds. The van der Waals surface area contributed by atoms with Gasteiger partial charge in [0.25, 0.3) is 11.8 Å². The topological polar surface area (TPSA) is 118 Å². The first-order valence-corrected chi connectivity index (χ1v) is 12.9. The van der Waals surface area contributed by atoms with Crippen molar-refractivity contribution in [3.8, 4) is 0 Å². The molecule has 9 heteroatoms. The lowest BCUT2D eigenvalue weighted by Crippen LogP contribution is -2.43. The lowest BCUT2D eigenvalue weighted by Gasteiger charge is -2.29. The molecule has 1 saturated carbocycles. The Morgan fingerprint density at radius 3 is 2.32 bits per heavy atom. The third-order valence-electron chi connectivity index (χ3n) is 6.48. The van der Waals surface area contributed by atoms with E-state index in [2.05, 4.69) is 15.3 Å². The summed E-state index contributed by atoms with van der Waals surface area (Å²) in [6, 6.07) is 21.8. The van der Waals surface area contributed by atoms with Gasteiger partial charge >= 0.3 is 0 Å². The Balaban J connectivity index is 1.85. The van der Waals surface area contributed by atoms with Gasteiger partial charge in [0, 0.05) is 27.1 Å². The molecule has 0 saturated heterocycles. The first kappa shape index (κ1) is 26.8. The van der Waals surface area contributed by atoms with Gasteiger partial charge in [-0.3, -0.25) is 14.5 Å². The molecule has 0 bridgehead atoms. The minimum Gasteiger partial charge on any atom is -0.505 e. The van der Waals surface area contributed by atoms with E-state index in [4.69, 9.17) is 17.1 Å². The van der Waals surface area contributed by atoms with Crippen LogP contribution in [0.1, 0.15) is 53.6 Å². The van der Waals surface area contributed by atoms with Crippen LogP contribution < -0.4 is 5.32 Å². The smallest absolute Gasteiger partial charge is 0.272 e. The van der Waals surface area contributed by atoms with Gasteiger partial charge < -0.3 is 10.4 Å². The Kier molecular flexibility index (Phi) is 9.03. The molecule has 38 heavy (non-hydrogen) atoms. The number of azide groups is 1. The molecule has 4 rings (SSSR count). The van der Waals surface area contributed by atoms with Crippen LogP contribution in [0.5, 0.6) is 0 Å². The summed E-state index contributed by atoms with van der Waals surface area (Å²) in [5, 5.41) is 18.7. The first-order chi connectivity index (χ1) is 18.5. The van der Waals surface area contributed by atoms with Crippen LogP contribution in [0, 0.1) is 0 Å². The van der Waals surface area contributed by atoms with E-state index in [0.29, 0.717) is 16.1 Å². The number of nitrogens with zero attached hydrogens (tertiary/aromatic N) is 4. The molecular weight excluding hydrogens is 502 g/mol. The number of carbonyl (C=O) groups excluding carboxylic acids is 2. The highest BCUT2D eigenvalue weighted by molar-refractivity contribution is 6.30. The summed E-state index contributed by atoms with van der Waals surface area (Å²) in [5.41, 5.74) is 10.2. The summed E-state index contributed by atoms with van der Waals surface area (Å²) in [6.07, 6.45) is 4.77. The zero-order valence-corrected chi connectivity index (χ0v) is 21.5. The lowest BCUT2D eigenvalue weighted by molar-refractivity contribution is -0.119. The number of benzene rings is 3. The van der Waals surface area contributed by atoms with Crippen LogP contribution in [0.25, 0.3) is 16.2 Å². The molecule has 0 aliphatic heterocycles. The minimum absolute atomic E-state index is 0.0368. The molecule has 0 aromatic heterocycles. The van der Waals surface area contributed by atoms with Crippen molar-refractivity contribution in [2.45, 2.75) is 44.7 Å². The van der Waals surface area contributed by atoms with Gasteiger partial charge in [0.15, 0.2) is 11.5 Å². The fourth-order valence-corrected chi connectivity index (χ4v) is 4.68. The molecule has 8 nitrogen and oxygen atoms in total. The summed E-state index contributed by atoms with van der Waals surface area (Å²) in [4.78, 5) is 32.0. The van der Waals surface area contributed by atoms with Crippen LogP contribution in [0.4, 0.5) is 5.69 Å². The van der Waals surface area contributed by atoms with Gasteiger partial charge in [-0.1, -0.05) is 96.6 Å². The van der Waals surface area contributed by atoms with E-state index in [1.165, 1.54) is 17.0 Å². The van der Waals surface area contributed by atoms with E-state index in [1.807, 2.05) is 0 Å². The average Bonchev–Trinajstić information content (AvgIpc) is 2.95. The molecule has 3 aromatic carbocycles. The standard InChI is InChI=1S/C29H28ClN5O3/c30-22-17-15-20(16-18-22)19-35(29(38)24-13-7-8-14-25(24)33-34-31)26(27(36)21-9-3-1-4-10-21)28(37)32-23-11-5-2-6-12-23/h1,3-4,7-10,13-18,23,36H,2,5-6,11-12,19H2,(H,32,37)/b27-26+. The average molecular weight is 530 g/mol. The van der Waals surface area contributed by atoms with Gasteiger partial charge in [-0.05, 0) is 42.1 Å². The van der Waals surface area contributed by atoms with E-state index in [-0.39, 0.29) is 35.3 Å². The van der Waals surface area contributed by atoms with Gasteiger partial charge in [-0.25, -0.2) is 0 Å². The van der Waals surface area contributed by atoms with Crippen LogP contribution in [-0.4, -0.2) is 27.9 Å². The van der Waals surface area contributed by atoms with Gasteiger partial charge in [-0.2, -0.15) is 0 Å². The summed E-state index contributed by atoms with van der Waals surface area (Å²) in [6.45, 7) is -0.0368. The number of amides is 2. The maximum Gasteiger partial charge on any atom is 0.272 e. The Labute approximate surface area is 226 Å². The number of carbonyl (C=O) groups is 2. The van der Waals surface area contributed by atoms with Crippen molar-refractivity contribution < 1.29 is 14.7 Å². The van der Waals surface area contributed by atoms with Crippen molar-refractivity contribution in [2.75, 3.05) is 0 Å². The number of hydrogen-bond donors (Lipinski definition) is 2. The third kappa shape index (κ3) is 6.54. The van der Waals surface area contributed by atoms with E-state index in [1.54, 1.807) is 66.7 Å². The Bertz CT molecular complexity index is 1360. The zero-order chi connectivity index (χ0) is 26.9. The van der Waals surface area contributed by atoms with Crippen LogP contribution in [0.3, 0.4) is 0 Å². The van der Waals surface area contributed by atoms with Crippen molar-refractivity contribution in [3.63, 3.8) is 0 Å². The Morgan fingerprint density at radius 2 is 1.63 bits per heavy atom. The van der Waals surface area contributed by atoms with Gasteiger partial charge in [0.05, 0.1) is 12.2 Å². The lowest BCUT2D eigenvalue weighted by atomic mass is 9.95. The largest absolute Gasteiger partial charge is 0.505 e. The quantitative estimate of drug-likeness (QED) is 0.105. The highest BCUT2D eigenvalue weighted by Crippen LogP contribution is 2.28. The van der Waals surface area contributed by atoms with E-state index in [9.17, 15) is 14.7 Å². The first-order valence-electron chi connectivity index (χ1n) is 12.5. The summed E-state index contributed by atoms with van der Waals surface area (Å²) < 4.78 is 0. The molecule has 194 valence electrons. The molecule has 0 atom stereocenters. The molecule has 2 N–H and O–H groups in total. The number of nitrogens with one attached hydrogen (secondary N) is 1. The van der Waals surface area contributed by atoms with Crippen LogP contribution in [-0.2, 0) is 11.3 Å². The molecule has 1 aliphatic rings. The third-order valence-corrected chi connectivity index (χ3v) is 6.73. The zero-order valence-electron chi connectivity index (χ0n) is 20.8. The molecule has 1 aliphatic carbocycles. The van der Waals surface area contributed by atoms with Gasteiger partial charge in [-0.15, -0.1) is 0 Å². The summed E-state index contributed by atoms with van der Waals surface area (Å²) >= 11 is 6.07. The molecule has 0 unspecified atom stereocenters. The fourth-order valence-electron chi connectivity index (χ4n) is 4.55. The maximum atomic E-state index is 14.1. The number of hydrogen-bond acceptors (Lipinski definition) is 4. The molecule has 1 fully saturated rings.